The number of benzene rings is 1. The van der Waals surface area contributed by atoms with Gasteiger partial charge in [0.05, 0.1) is 5.69 Å². The van der Waals surface area contributed by atoms with Crippen molar-refractivity contribution in [1.29, 1.82) is 0 Å². The Labute approximate surface area is 112 Å². The normalized spacial score (nSPS) is 11.1. The van der Waals surface area contributed by atoms with Gasteiger partial charge >= 0.3 is 0 Å². The molecule has 0 unspecified atom stereocenters. The monoisotopic (exact) mass is 304 g/mol. The highest BCUT2D eigenvalue weighted by Gasteiger charge is 2.06. The molecule has 2 aromatic heterocycles. The average molecular weight is 305 g/mol. The number of rotatable bonds is 1. The van der Waals surface area contributed by atoms with Crippen molar-refractivity contribution in [3.63, 3.8) is 0 Å². The summed E-state index contributed by atoms with van der Waals surface area (Å²) in [5.74, 6) is -0.203. The van der Waals surface area contributed by atoms with E-state index in [1.807, 2.05) is 35.0 Å². The maximum Gasteiger partial charge on any atom is 0.137 e. The van der Waals surface area contributed by atoms with Gasteiger partial charge in [-0.1, -0.05) is 12.1 Å². The van der Waals surface area contributed by atoms with Crippen molar-refractivity contribution in [2.45, 2.75) is 6.92 Å². The van der Waals surface area contributed by atoms with Gasteiger partial charge in [-0.3, -0.25) is 0 Å². The van der Waals surface area contributed by atoms with Gasteiger partial charge in [0.15, 0.2) is 0 Å². The molecule has 0 aliphatic carbocycles. The summed E-state index contributed by atoms with van der Waals surface area (Å²) in [6, 6.07) is 9.02. The number of nitrogens with zero attached hydrogens (tertiary/aromatic N) is 2. The number of aryl methyl sites for hydroxylation is 1. The average Bonchev–Trinajstić information content (AvgIpc) is 2.75. The minimum absolute atomic E-state index is 0.203. The molecule has 3 rings (SSSR count). The summed E-state index contributed by atoms with van der Waals surface area (Å²) in [5, 5.41) is 0. The van der Waals surface area contributed by atoms with E-state index >= 15 is 0 Å². The van der Waals surface area contributed by atoms with Crippen molar-refractivity contribution in [3.8, 4) is 11.3 Å². The molecule has 4 heteroatoms. The van der Waals surface area contributed by atoms with Gasteiger partial charge in [-0.05, 0) is 46.6 Å². The fourth-order valence-electron chi connectivity index (χ4n) is 1.86. The first-order valence-corrected chi connectivity index (χ1v) is 6.33. The third-order valence-electron chi connectivity index (χ3n) is 2.88. The Morgan fingerprint density at radius 2 is 2.00 bits per heavy atom. The standard InChI is InChI=1S/C14H10BrFN2/c1-9-2-3-10(6-12(9)16)13-8-18-7-11(15)4-5-14(18)17-13/h2-8H,1H3. The second kappa shape index (κ2) is 4.21. The molecule has 3 aromatic rings. The molecule has 0 saturated heterocycles. The van der Waals surface area contributed by atoms with E-state index in [-0.39, 0.29) is 5.82 Å². The molecule has 2 heterocycles. The quantitative estimate of drug-likeness (QED) is 0.658. The molecule has 0 radical (unpaired) electrons. The summed E-state index contributed by atoms with van der Waals surface area (Å²) < 4.78 is 16.4. The van der Waals surface area contributed by atoms with Crippen molar-refractivity contribution in [3.05, 3.63) is 58.6 Å². The molecular weight excluding hydrogens is 295 g/mol. The van der Waals surface area contributed by atoms with Crippen LogP contribution in [0.2, 0.25) is 0 Å². The molecule has 0 amide bonds. The molecule has 0 aliphatic heterocycles. The summed E-state index contributed by atoms with van der Waals surface area (Å²) in [7, 11) is 0. The fraction of sp³-hybridized carbons (Fsp3) is 0.0714. The summed E-state index contributed by atoms with van der Waals surface area (Å²) >= 11 is 3.41. The van der Waals surface area contributed by atoms with Crippen LogP contribution in [-0.2, 0) is 0 Å². The van der Waals surface area contributed by atoms with E-state index in [1.165, 1.54) is 6.07 Å². The van der Waals surface area contributed by atoms with Gasteiger partial charge in [-0.2, -0.15) is 0 Å². The lowest BCUT2D eigenvalue weighted by atomic mass is 10.1. The Balaban J connectivity index is 2.16. The van der Waals surface area contributed by atoms with Crippen LogP contribution in [0.5, 0.6) is 0 Å². The first-order valence-electron chi connectivity index (χ1n) is 5.54. The van der Waals surface area contributed by atoms with Crippen LogP contribution in [-0.4, -0.2) is 9.38 Å². The third-order valence-corrected chi connectivity index (χ3v) is 3.35. The highest BCUT2D eigenvalue weighted by atomic mass is 79.9. The zero-order valence-electron chi connectivity index (χ0n) is 9.69. The number of imidazole rings is 1. The number of pyridine rings is 1. The fourth-order valence-corrected chi connectivity index (χ4v) is 2.21. The van der Waals surface area contributed by atoms with E-state index in [4.69, 9.17) is 0 Å². The van der Waals surface area contributed by atoms with Crippen LogP contribution in [0, 0.1) is 12.7 Å². The van der Waals surface area contributed by atoms with Gasteiger partial charge in [0.2, 0.25) is 0 Å². The summed E-state index contributed by atoms with van der Waals surface area (Å²) in [4.78, 5) is 4.47. The lowest BCUT2D eigenvalue weighted by molar-refractivity contribution is 0.619. The van der Waals surface area contributed by atoms with E-state index in [1.54, 1.807) is 13.0 Å². The lowest BCUT2D eigenvalue weighted by Crippen LogP contribution is -1.84. The van der Waals surface area contributed by atoms with Crippen LogP contribution >= 0.6 is 15.9 Å². The molecule has 0 bridgehead atoms. The molecule has 18 heavy (non-hydrogen) atoms. The van der Waals surface area contributed by atoms with Crippen molar-refractivity contribution in [2.24, 2.45) is 0 Å². The van der Waals surface area contributed by atoms with Crippen LogP contribution in [0.25, 0.3) is 16.9 Å². The second-order valence-electron chi connectivity index (χ2n) is 4.20. The Morgan fingerprint density at radius 1 is 1.17 bits per heavy atom. The maximum atomic E-state index is 13.5. The first-order chi connectivity index (χ1) is 8.63. The maximum absolute atomic E-state index is 13.5. The Bertz CT molecular complexity index is 734. The van der Waals surface area contributed by atoms with Crippen LogP contribution in [0.3, 0.4) is 0 Å². The highest BCUT2D eigenvalue weighted by molar-refractivity contribution is 9.10. The van der Waals surface area contributed by atoms with Gasteiger partial charge in [0.25, 0.3) is 0 Å². The number of aromatic nitrogens is 2. The molecule has 0 fully saturated rings. The van der Waals surface area contributed by atoms with E-state index in [0.717, 1.165) is 21.4 Å². The molecule has 0 spiro atoms. The summed E-state index contributed by atoms with van der Waals surface area (Å²) in [5.41, 5.74) is 3.05. The zero-order valence-corrected chi connectivity index (χ0v) is 11.3. The summed E-state index contributed by atoms with van der Waals surface area (Å²) in [6.07, 6.45) is 3.82. The van der Waals surface area contributed by atoms with Crippen LogP contribution in [0.4, 0.5) is 4.39 Å². The van der Waals surface area contributed by atoms with Crippen molar-refractivity contribution in [1.82, 2.24) is 9.38 Å². The van der Waals surface area contributed by atoms with Crippen molar-refractivity contribution >= 4 is 21.6 Å². The molecule has 0 atom stereocenters. The van der Waals surface area contributed by atoms with Crippen LogP contribution < -0.4 is 0 Å². The van der Waals surface area contributed by atoms with E-state index in [9.17, 15) is 4.39 Å². The van der Waals surface area contributed by atoms with Crippen LogP contribution in [0.15, 0.2) is 47.2 Å². The predicted octanol–water partition coefficient (Wildman–Crippen LogP) is 4.21. The Hall–Kier alpha value is -1.68. The topological polar surface area (TPSA) is 17.3 Å². The molecule has 1 aromatic carbocycles. The molecule has 2 nitrogen and oxygen atoms in total. The largest absolute Gasteiger partial charge is 0.305 e. The molecule has 0 aliphatic rings. The molecule has 0 N–H and O–H groups in total. The number of hydrogen-bond donors (Lipinski definition) is 0. The Kier molecular flexibility index (Phi) is 2.67. The molecule has 0 saturated carbocycles. The smallest absolute Gasteiger partial charge is 0.137 e. The number of fused-ring (bicyclic) bond motifs is 1. The molecule has 90 valence electrons. The van der Waals surface area contributed by atoms with Gasteiger partial charge in [0.1, 0.15) is 11.5 Å². The minimum Gasteiger partial charge on any atom is -0.305 e. The van der Waals surface area contributed by atoms with E-state index in [0.29, 0.717) is 5.56 Å². The highest BCUT2D eigenvalue weighted by Crippen LogP contribution is 2.22. The number of hydrogen-bond acceptors (Lipinski definition) is 1. The van der Waals surface area contributed by atoms with Crippen LogP contribution in [0.1, 0.15) is 5.56 Å². The van der Waals surface area contributed by atoms with Gasteiger partial charge in [-0.25, -0.2) is 9.37 Å². The summed E-state index contributed by atoms with van der Waals surface area (Å²) in [6.45, 7) is 1.75. The van der Waals surface area contributed by atoms with Gasteiger partial charge in [-0.15, -0.1) is 0 Å². The number of halogens is 2. The SMILES string of the molecule is Cc1ccc(-c2cn3cc(Br)ccc3n2)cc1F. The predicted molar refractivity (Wildman–Crippen MR) is 73.0 cm³/mol. The molecular formula is C14H10BrFN2. The zero-order chi connectivity index (χ0) is 12.7. The third kappa shape index (κ3) is 1.93. The lowest BCUT2D eigenvalue weighted by Gasteiger charge is -1.99. The van der Waals surface area contributed by atoms with E-state index in [2.05, 4.69) is 20.9 Å². The minimum atomic E-state index is -0.203. The van der Waals surface area contributed by atoms with Gasteiger partial charge < -0.3 is 4.40 Å². The van der Waals surface area contributed by atoms with Crippen molar-refractivity contribution in [2.75, 3.05) is 0 Å². The van der Waals surface area contributed by atoms with Crippen molar-refractivity contribution < 1.29 is 4.39 Å². The van der Waals surface area contributed by atoms with Gasteiger partial charge in [0, 0.05) is 22.4 Å². The Morgan fingerprint density at radius 3 is 2.78 bits per heavy atom. The van der Waals surface area contributed by atoms with E-state index < -0.39 is 0 Å². The second-order valence-corrected chi connectivity index (χ2v) is 5.12. The first kappa shape index (κ1) is 11.4.